The third-order valence-corrected chi connectivity index (χ3v) is 3.71. The standard InChI is InChI=1S/C15H18N6O3/c1-11(16-13(22)7-8-20-9-10-24-15(20)23)14-17-18-19-21(14)12-5-3-2-4-6-12/h2-6,11H,7-10H2,1H3,(H,16,22)/t11-/m0/s1. The van der Waals surface area contributed by atoms with Crippen molar-refractivity contribution >= 4 is 12.0 Å². The second-order valence-corrected chi connectivity index (χ2v) is 5.43. The number of hydrogen-bond donors (Lipinski definition) is 1. The van der Waals surface area contributed by atoms with Crippen LogP contribution in [0.4, 0.5) is 4.79 Å². The molecule has 9 nitrogen and oxygen atoms in total. The van der Waals surface area contributed by atoms with Gasteiger partial charge in [-0.2, -0.15) is 4.68 Å². The largest absolute Gasteiger partial charge is 0.448 e. The lowest BCUT2D eigenvalue weighted by Crippen LogP contribution is -2.33. The Balaban J connectivity index is 1.59. The van der Waals surface area contributed by atoms with Crippen LogP contribution in [0.15, 0.2) is 30.3 Å². The average Bonchev–Trinajstić information content (AvgIpc) is 3.22. The zero-order valence-electron chi connectivity index (χ0n) is 13.3. The Morgan fingerprint density at radius 2 is 2.17 bits per heavy atom. The number of cyclic esters (lactones) is 1. The van der Waals surface area contributed by atoms with Crippen molar-refractivity contribution in [2.75, 3.05) is 19.7 Å². The summed E-state index contributed by atoms with van der Waals surface area (Å²) in [4.78, 5) is 24.9. The van der Waals surface area contributed by atoms with E-state index < -0.39 is 0 Å². The van der Waals surface area contributed by atoms with Crippen LogP contribution < -0.4 is 5.32 Å². The van der Waals surface area contributed by atoms with Gasteiger partial charge in [0, 0.05) is 13.0 Å². The Labute approximate surface area is 138 Å². The fourth-order valence-corrected chi connectivity index (χ4v) is 2.46. The number of rotatable bonds is 6. The van der Waals surface area contributed by atoms with Crippen molar-refractivity contribution in [1.82, 2.24) is 30.4 Å². The third kappa shape index (κ3) is 3.50. The number of aromatic nitrogens is 4. The molecule has 24 heavy (non-hydrogen) atoms. The summed E-state index contributed by atoms with van der Waals surface area (Å²) in [5.74, 6) is 0.361. The van der Waals surface area contributed by atoms with Crippen LogP contribution >= 0.6 is 0 Å². The lowest BCUT2D eigenvalue weighted by Gasteiger charge is -2.15. The molecule has 0 radical (unpaired) electrons. The molecule has 3 rings (SSSR count). The number of amides is 2. The molecular weight excluding hydrogens is 312 g/mol. The van der Waals surface area contributed by atoms with Crippen LogP contribution in [0.1, 0.15) is 25.2 Å². The van der Waals surface area contributed by atoms with Gasteiger partial charge in [0.1, 0.15) is 6.61 Å². The lowest BCUT2D eigenvalue weighted by molar-refractivity contribution is -0.121. The molecule has 9 heteroatoms. The monoisotopic (exact) mass is 330 g/mol. The van der Waals surface area contributed by atoms with Crippen LogP contribution in [0.3, 0.4) is 0 Å². The quantitative estimate of drug-likeness (QED) is 0.836. The van der Waals surface area contributed by atoms with Crippen LogP contribution in [-0.2, 0) is 9.53 Å². The van der Waals surface area contributed by atoms with Gasteiger partial charge in [-0.25, -0.2) is 4.79 Å². The average molecular weight is 330 g/mol. The summed E-state index contributed by atoms with van der Waals surface area (Å²) in [5, 5.41) is 14.5. The second-order valence-electron chi connectivity index (χ2n) is 5.43. The molecule has 0 unspecified atom stereocenters. The maximum atomic E-state index is 12.1. The van der Waals surface area contributed by atoms with Crippen LogP contribution in [0.5, 0.6) is 0 Å². The number of tetrazole rings is 1. The van der Waals surface area contributed by atoms with Crippen LogP contribution in [0, 0.1) is 0 Å². The number of nitrogens with one attached hydrogen (secondary N) is 1. The highest BCUT2D eigenvalue weighted by Gasteiger charge is 2.23. The second kappa shape index (κ2) is 7.07. The molecule has 1 N–H and O–H groups in total. The number of nitrogens with zero attached hydrogens (tertiary/aromatic N) is 5. The van der Waals surface area contributed by atoms with E-state index in [1.807, 2.05) is 37.3 Å². The van der Waals surface area contributed by atoms with Crippen molar-refractivity contribution in [2.45, 2.75) is 19.4 Å². The maximum Gasteiger partial charge on any atom is 0.409 e. The maximum absolute atomic E-state index is 12.1. The summed E-state index contributed by atoms with van der Waals surface area (Å²) < 4.78 is 6.41. The number of hydrogen-bond acceptors (Lipinski definition) is 6. The molecule has 1 aromatic carbocycles. The molecular formula is C15H18N6O3. The van der Waals surface area contributed by atoms with E-state index in [1.165, 1.54) is 4.90 Å². The summed E-state index contributed by atoms with van der Waals surface area (Å²) in [5.41, 5.74) is 0.818. The van der Waals surface area contributed by atoms with Crippen LogP contribution in [0.2, 0.25) is 0 Å². The minimum absolute atomic E-state index is 0.176. The molecule has 2 aromatic rings. The van der Waals surface area contributed by atoms with Gasteiger partial charge in [-0.15, -0.1) is 5.10 Å². The fraction of sp³-hybridized carbons (Fsp3) is 0.400. The van der Waals surface area contributed by atoms with E-state index in [0.29, 0.717) is 25.5 Å². The zero-order chi connectivity index (χ0) is 16.9. The molecule has 0 saturated carbocycles. The van der Waals surface area contributed by atoms with Gasteiger partial charge in [0.25, 0.3) is 0 Å². The molecule has 1 saturated heterocycles. The predicted molar refractivity (Wildman–Crippen MR) is 83.2 cm³/mol. The van der Waals surface area contributed by atoms with Gasteiger partial charge in [-0.3, -0.25) is 4.79 Å². The van der Waals surface area contributed by atoms with E-state index >= 15 is 0 Å². The van der Waals surface area contributed by atoms with Crippen molar-refractivity contribution in [3.8, 4) is 5.69 Å². The normalized spacial score (nSPS) is 15.2. The Bertz CT molecular complexity index is 717. The molecule has 1 aliphatic rings. The summed E-state index contributed by atoms with van der Waals surface area (Å²) in [6.07, 6.45) is -0.171. The third-order valence-electron chi connectivity index (χ3n) is 3.71. The first-order valence-electron chi connectivity index (χ1n) is 7.70. The smallest absolute Gasteiger partial charge is 0.409 e. The molecule has 1 aromatic heterocycles. The first-order chi connectivity index (χ1) is 11.6. The lowest BCUT2D eigenvalue weighted by atomic mass is 10.2. The highest BCUT2D eigenvalue weighted by atomic mass is 16.6. The molecule has 126 valence electrons. The molecule has 2 amide bonds. The number of carbonyl (C=O) groups excluding carboxylic acids is 2. The molecule has 2 heterocycles. The van der Waals surface area contributed by atoms with Gasteiger partial charge in [0.05, 0.1) is 18.3 Å². The topological polar surface area (TPSA) is 102 Å². The van der Waals surface area contributed by atoms with Crippen LogP contribution in [-0.4, -0.2) is 56.8 Å². The summed E-state index contributed by atoms with van der Waals surface area (Å²) in [6, 6.07) is 9.08. The number of ether oxygens (including phenoxy) is 1. The van der Waals surface area contributed by atoms with Crippen molar-refractivity contribution in [2.24, 2.45) is 0 Å². The van der Waals surface area contributed by atoms with Crippen LogP contribution in [0.25, 0.3) is 5.69 Å². The SMILES string of the molecule is C[C@H](NC(=O)CCN1CCOC1=O)c1nnnn1-c1ccccc1. The molecule has 1 atom stereocenters. The van der Waals surface area contributed by atoms with E-state index in [1.54, 1.807) is 4.68 Å². The summed E-state index contributed by atoms with van der Waals surface area (Å²) in [6.45, 7) is 3.05. The Morgan fingerprint density at radius 1 is 1.38 bits per heavy atom. The van der Waals surface area contributed by atoms with E-state index in [0.717, 1.165) is 5.69 Å². The minimum Gasteiger partial charge on any atom is -0.448 e. The van der Waals surface area contributed by atoms with E-state index in [9.17, 15) is 9.59 Å². The molecule has 0 bridgehead atoms. The molecule has 1 aliphatic heterocycles. The number of benzene rings is 1. The molecule has 0 aliphatic carbocycles. The fourth-order valence-electron chi connectivity index (χ4n) is 2.46. The Hall–Kier alpha value is -2.97. The highest BCUT2D eigenvalue weighted by molar-refractivity contribution is 5.77. The first-order valence-corrected chi connectivity index (χ1v) is 7.70. The number of para-hydroxylation sites is 1. The van der Waals surface area contributed by atoms with Crippen molar-refractivity contribution in [1.29, 1.82) is 0 Å². The van der Waals surface area contributed by atoms with Gasteiger partial charge in [-0.05, 0) is 29.5 Å². The molecule has 1 fully saturated rings. The summed E-state index contributed by atoms with van der Waals surface area (Å²) in [7, 11) is 0. The van der Waals surface area contributed by atoms with Gasteiger partial charge in [0.15, 0.2) is 5.82 Å². The predicted octanol–water partition coefficient (Wildman–Crippen LogP) is 0.682. The van der Waals surface area contributed by atoms with Crippen molar-refractivity contribution < 1.29 is 14.3 Å². The van der Waals surface area contributed by atoms with Gasteiger partial charge < -0.3 is 15.0 Å². The van der Waals surface area contributed by atoms with E-state index in [2.05, 4.69) is 20.8 Å². The van der Waals surface area contributed by atoms with Gasteiger partial charge in [-0.1, -0.05) is 18.2 Å². The van der Waals surface area contributed by atoms with Gasteiger partial charge >= 0.3 is 6.09 Å². The Kier molecular flexibility index (Phi) is 4.69. The van der Waals surface area contributed by atoms with E-state index in [4.69, 9.17) is 4.74 Å². The van der Waals surface area contributed by atoms with Crippen molar-refractivity contribution in [3.05, 3.63) is 36.2 Å². The molecule has 0 spiro atoms. The Morgan fingerprint density at radius 3 is 2.88 bits per heavy atom. The van der Waals surface area contributed by atoms with E-state index in [-0.39, 0.29) is 24.5 Å². The highest BCUT2D eigenvalue weighted by Crippen LogP contribution is 2.13. The minimum atomic E-state index is -0.371. The first kappa shape index (κ1) is 15.9. The van der Waals surface area contributed by atoms with Crippen molar-refractivity contribution in [3.63, 3.8) is 0 Å². The summed E-state index contributed by atoms with van der Waals surface area (Å²) >= 11 is 0. The zero-order valence-corrected chi connectivity index (χ0v) is 13.3. The van der Waals surface area contributed by atoms with Gasteiger partial charge in [0.2, 0.25) is 5.91 Å². The number of carbonyl (C=O) groups is 2.